The summed E-state index contributed by atoms with van der Waals surface area (Å²) in [5.41, 5.74) is -1.75. The number of hydrogen-bond donors (Lipinski definition) is 1. The van der Waals surface area contributed by atoms with E-state index in [2.05, 4.69) is 4.98 Å². The molecule has 0 radical (unpaired) electrons. The van der Waals surface area contributed by atoms with Crippen LogP contribution in [0.2, 0.25) is 0 Å². The zero-order chi connectivity index (χ0) is 11.6. The van der Waals surface area contributed by atoms with Crippen molar-refractivity contribution in [2.75, 3.05) is 0 Å². The Morgan fingerprint density at radius 3 is 2.53 bits per heavy atom. The van der Waals surface area contributed by atoms with E-state index in [1.807, 2.05) is 0 Å². The average molecular weight is 219 g/mol. The zero-order valence-corrected chi connectivity index (χ0v) is 7.80. The first-order chi connectivity index (χ1) is 6.88. The van der Waals surface area contributed by atoms with Crippen LogP contribution in [0.3, 0.4) is 0 Å². The molecule has 6 heteroatoms. The first-order valence-electron chi connectivity index (χ1n) is 4.16. The van der Waals surface area contributed by atoms with Crippen LogP contribution in [0, 0.1) is 0 Å². The number of alkyl halides is 3. The topological polar surface area (TPSA) is 50.2 Å². The van der Waals surface area contributed by atoms with Gasteiger partial charge < -0.3 is 5.11 Å². The third-order valence-electron chi connectivity index (χ3n) is 1.91. The Labute approximate surface area is 83.6 Å². The number of carboxylic acids is 1. The number of aromatic nitrogens is 1. The fraction of sp³-hybridized carbons (Fsp3) is 0.333. The molecule has 82 valence electrons. The Kier molecular flexibility index (Phi) is 2.97. The van der Waals surface area contributed by atoms with Crippen LogP contribution in [-0.4, -0.2) is 16.1 Å². The smallest absolute Gasteiger partial charge is 0.433 e. The SMILES string of the molecule is CCc1c(C(=O)O)ccnc1C(F)(F)F. The lowest BCUT2D eigenvalue weighted by Gasteiger charge is -2.12. The van der Waals surface area contributed by atoms with E-state index in [-0.39, 0.29) is 17.5 Å². The maximum absolute atomic E-state index is 12.4. The van der Waals surface area contributed by atoms with E-state index in [0.29, 0.717) is 0 Å². The molecule has 0 amide bonds. The molecule has 0 aliphatic rings. The minimum absolute atomic E-state index is 0.0235. The molecule has 0 unspecified atom stereocenters. The van der Waals surface area contributed by atoms with Gasteiger partial charge >= 0.3 is 12.1 Å². The second kappa shape index (κ2) is 3.88. The van der Waals surface area contributed by atoms with Crippen molar-refractivity contribution in [1.29, 1.82) is 0 Å². The molecule has 0 fully saturated rings. The van der Waals surface area contributed by atoms with Crippen molar-refractivity contribution in [2.24, 2.45) is 0 Å². The molecule has 15 heavy (non-hydrogen) atoms. The molecule has 0 spiro atoms. The van der Waals surface area contributed by atoms with Crippen molar-refractivity contribution in [1.82, 2.24) is 4.98 Å². The highest BCUT2D eigenvalue weighted by atomic mass is 19.4. The number of nitrogens with zero attached hydrogens (tertiary/aromatic N) is 1. The van der Waals surface area contributed by atoms with Crippen molar-refractivity contribution < 1.29 is 23.1 Å². The fourth-order valence-electron chi connectivity index (χ4n) is 1.29. The van der Waals surface area contributed by atoms with Gasteiger partial charge in [-0.15, -0.1) is 0 Å². The van der Waals surface area contributed by atoms with Crippen molar-refractivity contribution in [2.45, 2.75) is 19.5 Å². The van der Waals surface area contributed by atoms with Gasteiger partial charge in [0, 0.05) is 6.20 Å². The molecule has 1 aromatic heterocycles. The average Bonchev–Trinajstić information content (AvgIpc) is 2.15. The highest BCUT2D eigenvalue weighted by molar-refractivity contribution is 5.89. The van der Waals surface area contributed by atoms with Crippen molar-refractivity contribution >= 4 is 5.97 Å². The molecule has 0 atom stereocenters. The van der Waals surface area contributed by atoms with Crippen LogP contribution in [-0.2, 0) is 12.6 Å². The summed E-state index contributed by atoms with van der Waals surface area (Å²) in [6.07, 6.45) is -3.79. The lowest BCUT2D eigenvalue weighted by atomic mass is 10.0. The number of carboxylic acid groups (broad SMARTS) is 1. The molecule has 0 aliphatic heterocycles. The summed E-state index contributed by atoms with van der Waals surface area (Å²) in [7, 11) is 0. The van der Waals surface area contributed by atoms with Crippen LogP contribution in [0.4, 0.5) is 13.2 Å². The van der Waals surface area contributed by atoms with E-state index in [0.717, 1.165) is 12.3 Å². The number of halogens is 3. The Morgan fingerprint density at radius 1 is 1.53 bits per heavy atom. The molecule has 1 aromatic rings. The number of hydrogen-bond acceptors (Lipinski definition) is 2. The van der Waals surface area contributed by atoms with Crippen LogP contribution >= 0.6 is 0 Å². The van der Waals surface area contributed by atoms with Gasteiger partial charge in [-0.3, -0.25) is 4.98 Å². The second-order valence-corrected chi connectivity index (χ2v) is 2.84. The highest BCUT2D eigenvalue weighted by Gasteiger charge is 2.36. The molecular formula is C9H8F3NO2. The number of pyridine rings is 1. The van der Waals surface area contributed by atoms with Gasteiger partial charge in [0.15, 0.2) is 0 Å². The third kappa shape index (κ3) is 2.26. The van der Waals surface area contributed by atoms with Gasteiger partial charge in [0.25, 0.3) is 0 Å². The van der Waals surface area contributed by atoms with E-state index in [4.69, 9.17) is 5.11 Å². The highest BCUT2D eigenvalue weighted by Crippen LogP contribution is 2.31. The van der Waals surface area contributed by atoms with E-state index < -0.39 is 17.8 Å². The summed E-state index contributed by atoms with van der Waals surface area (Å²) in [5.74, 6) is -1.38. The van der Waals surface area contributed by atoms with Gasteiger partial charge in [-0.1, -0.05) is 6.92 Å². The van der Waals surface area contributed by atoms with Gasteiger partial charge in [-0.05, 0) is 18.1 Å². The van der Waals surface area contributed by atoms with Crippen LogP contribution in [0.15, 0.2) is 12.3 Å². The van der Waals surface area contributed by atoms with Gasteiger partial charge in [0.2, 0.25) is 0 Å². The molecular weight excluding hydrogens is 211 g/mol. The van der Waals surface area contributed by atoms with Crippen LogP contribution < -0.4 is 0 Å². The van der Waals surface area contributed by atoms with E-state index in [1.54, 1.807) is 0 Å². The minimum atomic E-state index is -4.61. The lowest BCUT2D eigenvalue weighted by molar-refractivity contribution is -0.141. The van der Waals surface area contributed by atoms with Crippen LogP contribution in [0.1, 0.15) is 28.5 Å². The quantitative estimate of drug-likeness (QED) is 0.830. The molecule has 0 bridgehead atoms. The Morgan fingerprint density at radius 2 is 2.13 bits per heavy atom. The molecule has 0 saturated heterocycles. The molecule has 1 rings (SSSR count). The van der Waals surface area contributed by atoms with Crippen molar-refractivity contribution in [3.8, 4) is 0 Å². The number of rotatable bonds is 2. The van der Waals surface area contributed by atoms with Crippen LogP contribution in [0.5, 0.6) is 0 Å². The molecule has 0 aliphatic carbocycles. The third-order valence-corrected chi connectivity index (χ3v) is 1.91. The Balaban J connectivity index is 3.42. The van der Waals surface area contributed by atoms with Gasteiger partial charge in [-0.2, -0.15) is 13.2 Å². The predicted octanol–water partition coefficient (Wildman–Crippen LogP) is 2.36. The van der Waals surface area contributed by atoms with Crippen molar-refractivity contribution in [3.63, 3.8) is 0 Å². The first-order valence-corrected chi connectivity index (χ1v) is 4.16. The zero-order valence-electron chi connectivity index (χ0n) is 7.80. The molecule has 0 saturated carbocycles. The molecule has 3 nitrogen and oxygen atoms in total. The lowest BCUT2D eigenvalue weighted by Crippen LogP contribution is -2.15. The molecule has 1 heterocycles. The summed E-state index contributed by atoms with van der Waals surface area (Å²) in [6.45, 7) is 1.46. The van der Waals surface area contributed by atoms with Crippen molar-refractivity contribution in [3.05, 3.63) is 29.1 Å². The first kappa shape index (κ1) is 11.5. The standard InChI is InChI=1S/C9H8F3NO2/c1-2-5-6(8(14)15)3-4-13-7(5)9(10,11)12/h3-4H,2H2,1H3,(H,14,15). The number of carbonyl (C=O) groups is 1. The minimum Gasteiger partial charge on any atom is -0.478 e. The van der Waals surface area contributed by atoms with E-state index in [9.17, 15) is 18.0 Å². The van der Waals surface area contributed by atoms with Gasteiger partial charge in [0.05, 0.1) is 5.56 Å². The largest absolute Gasteiger partial charge is 0.478 e. The number of aromatic carboxylic acids is 1. The van der Waals surface area contributed by atoms with Gasteiger partial charge in [-0.25, -0.2) is 4.79 Å². The Hall–Kier alpha value is -1.59. The predicted molar refractivity (Wildman–Crippen MR) is 45.6 cm³/mol. The van der Waals surface area contributed by atoms with E-state index >= 15 is 0 Å². The summed E-state index contributed by atoms with van der Waals surface area (Å²) in [6, 6.07) is 1.07. The summed E-state index contributed by atoms with van der Waals surface area (Å²) in [4.78, 5) is 13.8. The maximum atomic E-state index is 12.4. The van der Waals surface area contributed by atoms with E-state index in [1.165, 1.54) is 6.92 Å². The van der Waals surface area contributed by atoms with Crippen LogP contribution in [0.25, 0.3) is 0 Å². The summed E-state index contributed by atoms with van der Waals surface area (Å²) in [5, 5.41) is 8.69. The maximum Gasteiger partial charge on any atom is 0.433 e. The molecule has 0 aromatic carbocycles. The fourth-order valence-corrected chi connectivity index (χ4v) is 1.29. The Bertz CT molecular complexity index is 387. The normalized spacial score (nSPS) is 11.5. The second-order valence-electron chi connectivity index (χ2n) is 2.84. The molecule has 1 N–H and O–H groups in total. The monoisotopic (exact) mass is 219 g/mol. The van der Waals surface area contributed by atoms with Gasteiger partial charge in [0.1, 0.15) is 5.69 Å². The summed E-state index contributed by atoms with van der Waals surface area (Å²) >= 11 is 0. The summed E-state index contributed by atoms with van der Waals surface area (Å²) < 4.78 is 37.3.